The minimum Gasteiger partial charge on any atom is -0.507 e. The third kappa shape index (κ3) is 3.76. The lowest BCUT2D eigenvalue weighted by molar-refractivity contribution is -0.140. The van der Waals surface area contributed by atoms with E-state index in [0.717, 1.165) is 10.4 Å². The van der Waals surface area contributed by atoms with Crippen molar-refractivity contribution in [2.45, 2.75) is 19.5 Å². The molecule has 1 aliphatic heterocycles. The number of amides is 1. The summed E-state index contributed by atoms with van der Waals surface area (Å²) >= 11 is 1.50. The van der Waals surface area contributed by atoms with Gasteiger partial charge in [-0.25, -0.2) is 0 Å². The highest BCUT2D eigenvalue weighted by Gasteiger charge is 2.47. The molecule has 3 aromatic rings. The molecule has 1 saturated heterocycles. The average molecular weight is 450 g/mol. The summed E-state index contributed by atoms with van der Waals surface area (Å²) in [7, 11) is 3.03. The van der Waals surface area contributed by atoms with Crippen LogP contribution in [0.4, 0.5) is 0 Å². The van der Waals surface area contributed by atoms with Crippen molar-refractivity contribution in [3.8, 4) is 11.5 Å². The first-order chi connectivity index (χ1) is 15.5. The normalized spacial score (nSPS) is 17.6. The first kappa shape index (κ1) is 21.6. The van der Waals surface area contributed by atoms with Crippen molar-refractivity contribution >= 4 is 28.8 Å². The summed E-state index contributed by atoms with van der Waals surface area (Å²) in [6, 6.07) is 15.4. The lowest BCUT2D eigenvalue weighted by atomic mass is 9.94. The summed E-state index contributed by atoms with van der Waals surface area (Å²) in [6.45, 7) is 2.17. The van der Waals surface area contributed by atoms with E-state index < -0.39 is 17.7 Å². The quantitative estimate of drug-likeness (QED) is 0.336. The first-order valence-electron chi connectivity index (χ1n) is 10.0. The number of para-hydroxylation sites is 1. The molecule has 0 radical (unpaired) electrons. The largest absolute Gasteiger partial charge is 0.507 e. The van der Waals surface area contributed by atoms with E-state index in [1.807, 2.05) is 36.6 Å². The number of carbonyl (C=O) groups is 2. The van der Waals surface area contributed by atoms with Gasteiger partial charge in [-0.3, -0.25) is 9.59 Å². The van der Waals surface area contributed by atoms with Gasteiger partial charge in [0, 0.05) is 16.0 Å². The summed E-state index contributed by atoms with van der Waals surface area (Å²) in [6.07, 6.45) is 0. The molecule has 1 amide bonds. The van der Waals surface area contributed by atoms with Gasteiger partial charge in [0.05, 0.1) is 32.4 Å². The van der Waals surface area contributed by atoms with Crippen LogP contribution in [0, 0.1) is 6.92 Å². The van der Waals surface area contributed by atoms with Gasteiger partial charge < -0.3 is 19.5 Å². The topological polar surface area (TPSA) is 76.1 Å². The van der Waals surface area contributed by atoms with Gasteiger partial charge in [0.25, 0.3) is 11.7 Å². The fraction of sp³-hybridized carbons (Fsp3) is 0.200. The summed E-state index contributed by atoms with van der Waals surface area (Å²) in [5, 5.41) is 13.1. The predicted molar refractivity (Wildman–Crippen MR) is 123 cm³/mol. The number of hydrogen-bond acceptors (Lipinski definition) is 6. The van der Waals surface area contributed by atoms with Crippen LogP contribution in [0.25, 0.3) is 5.76 Å². The molecule has 0 saturated carbocycles. The van der Waals surface area contributed by atoms with Crippen LogP contribution >= 0.6 is 11.3 Å². The van der Waals surface area contributed by atoms with Crippen LogP contribution in [-0.4, -0.2) is 35.9 Å². The standard InChI is InChI=1S/C25H23NO5S/c1-15-9-11-16(12-10-15)22(27)20-21(18-7-4-8-19(30-2)24(18)31-3)26(25(29)23(20)28)14-17-6-5-13-32-17/h4-13,21,27H,14H2,1-3H3/b22-20+. The molecular formula is C25H23NO5S. The fourth-order valence-electron chi connectivity index (χ4n) is 3.93. The van der Waals surface area contributed by atoms with Gasteiger partial charge in [-0.1, -0.05) is 48.0 Å². The molecule has 1 unspecified atom stereocenters. The van der Waals surface area contributed by atoms with Crippen molar-refractivity contribution in [2.24, 2.45) is 0 Å². The van der Waals surface area contributed by atoms with E-state index in [-0.39, 0.29) is 17.9 Å². The molecule has 1 N–H and O–H groups in total. The molecule has 0 aliphatic carbocycles. The highest BCUT2D eigenvalue weighted by Crippen LogP contribution is 2.46. The number of hydrogen-bond donors (Lipinski definition) is 1. The molecule has 2 aromatic carbocycles. The molecule has 0 spiro atoms. The number of aliphatic hydroxyl groups is 1. The Morgan fingerprint density at radius 2 is 1.78 bits per heavy atom. The lowest BCUT2D eigenvalue weighted by Gasteiger charge is -2.26. The average Bonchev–Trinajstić information content (AvgIpc) is 3.41. The third-order valence-corrected chi connectivity index (χ3v) is 6.36. The second-order valence-corrected chi connectivity index (χ2v) is 8.49. The smallest absolute Gasteiger partial charge is 0.295 e. The van der Waals surface area contributed by atoms with E-state index in [4.69, 9.17) is 9.47 Å². The number of nitrogens with zero attached hydrogens (tertiary/aromatic N) is 1. The monoisotopic (exact) mass is 449 g/mol. The van der Waals surface area contributed by atoms with Gasteiger partial charge >= 0.3 is 0 Å². The minimum absolute atomic E-state index is 0.0296. The Balaban J connectivity index is 1.94. The van der Waals surface area contributed by atoms with Gasteiger partial charge in [-0.15, -0.1) is 11.3 Å². The van der Waals surface area contributed by atoms with Crippen molar-refractivity contribution in [1.82, 2.24) is 4.90 Å². The van der Waals surface area contributed by atoms with Gasteiger partial charge in [0.1, 0.15) is 5.76 Å². The molecule has 6 nitrogen and oxygen atoms in total. The molecule has 7 heteroatoms. The first-order valence-corrected chi connectivity index (χ1v) is 10.9. The van der Waals surface area contributed by atoms with Crippen molar-refractivity contribution in [3.05, 3.63) is 87.1 Å². The van der Waals surface area contributed by atoms with E-state index in [1.165, 1.54) is 30.5 Å². The third-order valence-electron chi connectivity index (χ3n) is 5.50. The molecule has 1 fully saturated rings. The maximum absolute atomic E-state index is 13.2. The van der Waals surface area contributed by atoms with Crippen LogP contribution in [0.5, 0.6) is 11.5 Å². The Bertz CT molecular complexity index is 1180. The van der Waals surface area contributed by atoms with E-state index in [0.29, 0.717) is 22.6 Å². The predicted octanol–water partition coefficient (Wildman–Crippen LogP) is 4.70. The van der Waals surface area contributed by atoms with Crippen LogP contribution in [-0.2, 0) is 16.1 Å². The Morgan fingerprint density at radius 3 is 2.41 bits per heavy atom. The zero-order valence-corrected chi connectivity index (χ0v) is 18.8. The second-order valence-electron chi connectivity index (χ2n) is 7.46. The molecule has 1 aromatic heterocycles. The highest BCUT2D eigenvalue weighted by atomic mass is 32.1. The molecule has 4 rings (SSSR count). The maximum Gasteiger partial charge on any atom is 0.295 e. The summed E-state index contributed by atoms with van der Waals surface area (Å²) in [5.74, 6) is -0.724. The number of likely N-dealkylation sites (tertiary alicyclic amines) is 1. The van der Waals surface area contributed by atoms with E-state index in [9.17, 15) is 14.7 Å². The van der Waals surface area contributed by atoms with Crippen molar-refractivity contribution < 1.29 is 24.2 Å². The van der Waals surface area contributed by atoms with Crippen molar-refractivity contribution in [2.75, 3.05) is 14.2 Å². The number of methoxy groups -OCH3 is 2. The highest BCUT2D eigenvalue weighted by molar-refractivity contribution is 7.09. The van der Waals surface area contributed by atoms with Crippen molar-refractivity contribution in [1.29, 1.82) is 0 Å². The summed E-state index contributed by atoms with van der Waals surface area (Å²) in [4.78, 5) is 28.7. The molecular weight excluding hydrogens is 426 g/mol. The maximum atomic E-state index is 13.2. The zero-order chi connectivity index (χ0) is 22.8. The number of thiophene rings is 1. The van der Waals surface area contributed by atoms with E-state index >= 15 is 0 Å². The van der Waals surface area contributed by atoms with Gasteiger partial charge in [0.2, 0.25) is 0 Å². The SMILES string of the molecule is COc1cccc(C2/C(=C(\O)c3ccc(C)cc3)C(=O)C(=O)N2Cc2cccs2)c1OC. The summed E-state index contributed by atoms with van der Waals surface area (Å²) < 4.78 is 11.0. The second kappa shape index (κ2) is 8.88. The summed E-state index contributed by atoms with van der Waals surface area (Å²) in [5.41, 5.74) is 2.08. The number of benzene rings is 2. The van der Waals surface area contributed by atoms with Gasteiger partial charge in [-0.05, 0) is 24.4 Å². The Kier molecular flexibility index (Phi) is 6.01. The van der Waals surface area contributed by atoms with Crippen molar-refractivity contribution in [3.63, 3.8) is 0 Å². The van der Waals surface area contributed by atoms with Crippen LogP contribution in [0.3, 0.4) is 0 Å². The fourth-order valence-corrected chi connectivity index (χ4v) is 4.63. The molecule has 1 aliphatic rings. The number of Topliss-reactive ketones (excluding diaryl/α,β-unsaturated/α-hetero) is 1. The number of ether oxygens (including phenoxy) is 2. The molecule has 164 valence electrons. The zero-order valence-electron chi connectivity index (χ0n) is 18.0. The van der Waals surface area contributed by atoms with Crippen LogP contribution in [0.1, 0.15) is 27.6 Å². The number of ketones is 1. The molecule has 1 atom stereocenters. The number of rotatable bonds is 6. The van der Waals surface area contributed by atoms with Crippen LogP contribution in [0.2, 0.25) is 0 Å². The van der Waals surface area contributed by atoms with Gasteiger partial charge in [-0.2, -0.15) is 0 Å². The van der Waals surface area contributed by atoms with Crippen LogP contribution in [0.15, 0.2) is 65.6 Å². The molecule has 32 heavy (non-hydrogen) atoms. The molecule has 0 bridgehead atoms. The Morgan fingerprint density at radius 1 is 1.03 bits per heavy atom. The lowest BCUT2D eigenvalue weighted by Crippen LogP contribution is -2.29. The van der Waals surface area contributed by atoms with E-state index in [2.05, 4.69) is 0 Å². The Hall–Kier alpha value is -3.58. The number of aliphatic hydroxyl groups excluding tert-OH is 1. The molecule has 2 heterocycles. The minimum atomic E-state index is -0.830. The number of carbonyl (C=O) groups excluding carboxylic acids is 2. The van der Waals surface area contributed by atoms with Crippen LogP contribution < -0.4 is 9.47 Å². The number of aryl methyl sites for hydroxylation is 1. The van der Waals surface area contributed by atoms with Gasteiger partial charge in [0.15, 0.2) is 11.5 Å². The van der Waals surface area contributed by atoms with E-state index in [1.54, 1.807) is 30.3 Å². The Labute approximate surface area is 190 Å².